The molecule has 0 amide bonds. The zero-order valence-electron chi connectivity index (χ0n) is 11.0. The first-order valence-electron chi connectivity index (χ1n) is 6.06. The molecule has 0 aromatic carbocycles. The van der Waals surface area contributed by atoms with E-state index in [1.807, 2.05) is 0 Å². The lowest BCUT2D eigenvalue weighted by Gasteiger charge is -2.26. The maximum absolute atomic E-state index is 2.45. The van der Waals surface area contributed by atoms with Crippen LogP contribution in [0.3, 0.4) is 0 Å². The first kappa shape index (κ1) is 12.4. The molecule has 1 aromatic rings. The highest BCUT2D eigenvalue weighted by Gasteiger charge is 2.18. The molecule has 0 spiro atoms. The molecule has 86 valence electrons. The highest BCUT2D eigenvalue weighted by atomic mass is 15.0. The third kappa shape index (κ3) is 2.87. The van der Waals surface area contributed by atoms with Gasteiger partial charge in [0.15, 0.2) is 0 Å². The van der Waals surface area contributed by atoms with E-state index in [-0.39, 0.29) is 0 Å². The van der Waals surface area contributed by atoms with Gasteiger partial charge in [-0.05, 0) is 43.7 Å². The van der Waals surface area contributed by atoms with E-state index in [0.29, 0.717) is 0 Å². The number of hydrogen-bond donors (Lipinski definition) is 0. The van der Waals surface area contributed by atoms with Crippen molar-refractivity contribution in [3.05, 3.63) is 23.5 Å². The van der Waals surface area contributed by atoms with Gasteiger partial charge >= 0.3 is 0 Å². The van der Waals surface area contributed by atoms with Gasteiger partial charge in [-0.3, -0.25) is 0 Å². The lowest BCUT2D eigenvalue weighted by molar-refractivity contribution is 0.249. The highest BCUT2D eigenvalue weighted by molar-refractivity contribution is 5.13. The summed E-state index contributed by atoms with van der Waals surface area (Å²) < 4.78 is 2.45. The Morgan fingerprint density at radius 2 is 1.33 bits per heavy atom. The van der Waals surface area contributed by atoms with Crippen molar-refractivity contribution in [3.8, 4) is 0 Å². The van der Waals surface area contributed by atoms with Crippen LogP contribution in [0.2, 0.25) is 0 Å². The van der Waals surface area contributed by atoms with Crippen molar-refractivity contribution in [2.24, 2.45) is 17.8 Å². The second-order valence-corrected chi connectivity index (χ2v) is 5.38. The first-order valence-corrected chi connectivity index (χ1v) is 6.06. The van der Waals surface area contributed by atoms with E-state index in [2.05, 4.69) is 58.2 Å². The van der Waals surface area contributed by atoms with Crippen LogP contribution in [-0.4, -0.2) is 4.57 Å². The minimum atomic E-state index is 0.756. The number of nitrogens with zero attached hydrogens (tertiary/aromatic N) is 1. The average Bonchev–Trinajstić information content (AvgIpc) is 2.42. The summed E-state index contributed by atoms with van der Waals surface area (Å²) in [6.45, 7) is 14.9. The molecular formula is C14H25N. The fraction of sp³-hybridized carbons (Fsp3) is 0.714. The van der Waals surface area contributed by atoms with Gasteiger partial charge in [0.05, 0.1) is 0 Å². The molecule has 15 heavy (non-hydrogen) atoms. The van der Waals surface area contributed by atoms with Gasteiger partial charge in [0.1, 0.15) is 0 Å². The van der Waals surface area contributed by atoms with Crippen LogP contribution in [0.1, 0.15) is 39.1 Å². The van der Waals surface area contributed by atoms with Crippen molar-refractivity contribution in [1.29, 1.82) is 0 Å². The van der Waals surface area contributed by atoms with Crippen molar-refractivity contribution < 1.29 is 0 Å². The van der Waals surface area contributed by atoms with Gasteiger partial charge in [-0.25, -0.2) is 0 Å². The van der Waals surface area contributed by atoms with Crippen LogP contribution in [0.4, 0.5) is 0 Å². The third-order valence-corrected chi connectivity index (χ3v) is 3.52. The number of rotatable bonds is 4. The van der Waals surface area contributed by atoms with Crippen LogP contribution < -0.4 is 0 Å². The van der Waals surface area contributed by atoms with Gasteiger partial charge in [0, 0.05) is 17.9 Å². The largest absolute Gasteiger partial charge is 0.349 e. The Bertz CT molecular complexity index is 280. The molecule has 1 rings (SSSR count). The Morgan fingerprint density at radius 3 is 1.67 bits per heavy atom. The SMILES string of the molecule is Cc1ccc(C)n1CC(C(C)C)C(C)C. The molecular weight excluding hydrogens is 182 g/mol. The molecule has 0 atom stereocenters. The average molecular weight is 207 g/mol. The van der Waals surface area contributed by atoms with Gasteiger partial charge in [-0.1, -0.05) is 27.7 Å². The lowest BCUT2D eigenvalue weighted by Crippen LogP contribution is -2.22. The van der Waals surface area contributed by atoms with Crippen molar-refractivity contribution in [2.45, 2.75) is 48.1 Å². The first-order chi connectivity index (χ1) is 6.93. The van der Waals surface area contributed by atoms with Crippen LogP contribution in [0.5, 0.6) is 0 Å². The van der Waals surface area contributed by atoms with Gasteiger partial charge < -0.3 is 4.57 Å². The highest BCUT2D eigenvalue weighted by Crippen LogP contribution is 2.24. The van der Waals surface area contributed by atoms with Crippen LogP contribution in [0.15, 0.2) is 12.1 Å². The van der Waals surface area contributed by atoms with Crippen LogP contribution in [-0.2, 0) is 6.54 Å². The zero-order chi connectivity index (χ0) is 11.6. The maximum atomic E-state index is 2.45. The van der Waals surface area contributed by atoms with Crippen molar-refractivity contribution >= 4 is 0 Å². The van der Waals surface area contributed by atoms with Gasteiger partial charge in [0.25, 0.3) is 0 Å². The van der Waals surface area contributed by atoms with E-state index >= 15 is 0 Å². The predicted octanol–water partition coefficient (Wildman–Crippen LogP) is 4.03. The van der Waals surface area contributed by atoms with Crippen molar-refractivity contribution in [2.75, 3.05) is 0 Å². The maximum Gasteiger partial charge on any atom is 0.0257 e. The van der Waals surface area contributed by atoms with Crippen LogP contribution >= 0.6 is 0 Å². The summed E-state index contributed by atoms with van der Waals surface area (Å²) in [5.41, 5.74) is 2.78. The molecule has 0 N–H and O–H groups in total. The molecule has 1 heterocycles. The van der Waals surface area contributed by atoms with E-state index in [0.717, 1.165) is 17.8 Å². The third-order valence-electron chi connectivity index (χ3n) is 3.52. The Hall–Kier alpha value is -0.720. The number of hydrogen-bond acceptors (Lipinski definition) is 0. The second-order valence-electron chi connectivity index (χ2n) is 5.38. The monoisotopic (exact) mass is 207 g/mol. The molecule has 0 saturated carbocycles. The lowest BCUT2D eigenvalue weighted by atomic mass is 9.85. The van der Waals surface area contributed by atoms with E-state index in [4.69, 9.17) is 0 Å². The normalized spacial score (nSPS) is 12.1. The summed E-state index contributed by atoms with van der Waals surface area (Å²) in [6.07, 6.45) is 0. The minimum Gasteiger partial charge on any atom is -0.349 e. The van der Waals surface area contributed by atoms with E-state index in [9.17, 15) is 0 Å². The standard InChI is InChI=1S/C14H25N/c1-10(2)14(11(3)4)9-15-12(5)7-8-13(15)6/h7-8,10-11,14H,9H2,1-6H3. The molecule has 0 radical (unpaired) electrons. The number of aromatic nitrogens is 1. The molecule has 0 saturated heterocycles. The number of aryl methyl sites for hydroxylation is 2. The summed E-state index contributed by atoms with van der Waals surface area (Å²) in [5, 5.41) is 0. The summed E-state index contributed by atoms with van der Waals surface area (Å²) in [7, 11) is 0. The smallest absolute Gasteiger partial charge is 0.0257 e. The summed E-state index contributed by atoms with van der Waals surface area (Å²) >= 11 is 0. The molecule has 1 aromatic heterocycles. The summed E-state index contributed by atoms with van der Waals surface area (Å²) in [5.74, 6) is 2.28. The molecule has 0 aliphatic heterocycles. The van der Waals surface area contributed by atoms with Gasteiger partial charge in [0.2, 0.25) is 0 Å². The molecule has 1 nitrogen and oxygen atoms in total. The fourth-order valence-corrected chi connectivity index (χ4v) is 2.39. The predicted molar refractivity (Wildman–Crippen MR) is 67.1 cm³/mol. The topological polar surface area (TPSA) is 4.93 Å². The molecule has 0 unspecified atom stereocenters. The Kier molecular flexibility index (Phi) is 4.01. The minimum absolute atomic E-state index is 0.756. The Balaban J connectivity index is 2.83. The van der Waals surface area contributed by atoms with Crippen LogP contribution in [0.25, 0.3) is 0 Å². The Morgan fingerprint density at radius 1 is 0.933 bits per heavy atom. The summed E-state index contributed by atoms with van der Waals surface area (Å²) in [4.78, 5) is 0. The van der Waals surface area contributed by atoms with E-state index in [1.165, 1.54) is 17.9 Å². The van der Waals surface area contributed by atoms with Gasteiger partial charge in [-0.15, -0.1) is 0 Å². The van der Waals surface area contributed by atoms with Crippen LogP contribution in [0, 0.1) is 31.6 Å². The van der Waals surface area contributed by atoms with Crippen molar-refractivity contribution in [3.63, 3.8) is 0 Å². The molecule has 1 heteroatoms. The fourth-order valence-electron chi connectivity index (χ4n) is 2.39. The molecule has 0 bridgehead atoms. The van der Waals surface area contributed by atoms with Gasteiger partial charge in [-0.2, -0.15) is 0 Å². The van der Waals surface area contributed by atoms with E-state index in [1.54, 1.807) is 0 Å². The quantitative estimate of drug-likeness (QED) is 0.702. The molecule has 0 aliphatic rings. The molecule has 0 aliphatic carbocycles. The Labute approximate surface area is 94.5 Å². The van der Waals surface area contributed by atoms with E-state index < -0.39 is 0 Å². The second kappa shape index (κ2) is 4.87. The van der Waals surface area contributed by atoms with Crippen molar-refractivity contribution in [1.82, 2.24) is 4.57 Å². The molecule has 0 fully saturated rings. The zero-order valence-corrected chi connectivity index (χ0v) is 11.0. The summed E-state index contributed by atoms with van der Waals surface area (Å²) in [6, 6.07) is 4.43.